The zero-order chi connectivity index (χ0) is 20.1. The molecule has 0 N–H and O–H groups in total. The van der Waals surface area contributed by atoms with E-state index in [1.54, 1.807) is 31.2 Å². The van der Waals surface area contributed by atoms with Gasteiger partial charge in [-0.05, 0) is 55.3 Å². The van der Waals surface area contributed by atoms with Gasteiger partial charge in [-0.25, -0.2) is 8.78 Å². The normalized spacial score (nSPS) is 9.19. The van der Waals surface area contributed by atoms with Crippen molar-refractivity contribution >= 4 is 43.9 Å². The predicted molar refractivity (Wildman–Crippen MR) is 110 cm³/mol. The molecule has 2 rings (SSSR count). The van der Waals surface area contributed by atoms with Crippen LogP contribution in [0.5, 0.6) is 0 Å². The zero-order valence-corrected chi connectivity index (χ0v) is 18.2. The molecule has 26 heavy (non-hydrogen) atoms. The highest BCUT2D eigenvalue weighted by molar-refractivity contribution is 9.10. The second kappa shape index (κ2) is 13.6. The summed E-state index contributed by atoms with van der Waals surface area (Å²) in [6.07, 6.45) is 2.23. The lowest BCUT2D eigenvalue weighted by molar-refractivity contribution is -0.140. The first-order valence-electron chi connectivity index (χ1n) is 7.89. The van der Waals surface area contributed by atoms with Gasteiger partial charge in [-0.2, -0.15) is 0 Å². The molecule has 2 aromatic rings. The molecule has 0 spiro atoms. The quantitative estimate of drug-likeness (QED) is 0.434. The Kier molecular flexibility index (Phi) is 12.8. The van der Waals surface area contributed by atoms with Crippen LogP contribution >= 0.6 is 31.9 Å². The van der Waals surface area contributed by atoms with Crippen LogP contribution in [-0.4, -0.2) is 12.6 Å². The third kappa shape index (κ3) is 10.5. The lowest BCUT2D eigenvalue weighted by Crippen LogP contribution is -1.95. The summed E-state index contributed by atoms with van der Waals surface area (Å²) in [5, 5.41) is 0. The fourth-order valence-corrected chi connectivity index (χ4v) is 2.48. The van der Waals surface area contributed by atoms with E-state index < -0.39 is 0 Å². The smallest absolute Gasteiger partial charge is 0.302 e. The standard InChI is InChI=1S/C8H8BrF.C8H6BrF.C4H8O2/c2*1-2-6-5-7(9)3-4-8(6)10;1-3-6-4(2)5/h3-5H,2H2,1H3;2-5H,1H2;3H2,1-2H3. The molecule has 0 saturated carbocycles. The summed E-state index contributed by atoms with van der Waals surface area (Å²) in [7, 11) is 0. The van der Waals surface area contributed by atoms with Crippen molar-refractivity contribution in [3.63, 3.8) is 0 Å². The van der Waals surface area contributed by atoms with E-state index >= 15 is 0 Å². The van der Waals surface area contributed by atoms with Gasteiger partial charge in [-0.1, -0.05) is 51.4 Å². The Morgan fingerprint density at radius 3 is 1.96 bits per heavy atom. The fourth-order valence-electron chi connectivity index (χ4n) is 1.69. The maximum absolute atomic E-state index is 12.7. The summed E-state index contributed by atoms with van der Waals surface area (Å²) in [5.74, 6) is -0.568. The molecule has 0 radical (unpaired) electrons. The van der Waals surface area contributed by atoms with Crippen LogP contribution in [0.4, 0.5) is 8.78 Å². The number of aryl methyl sites for hydroxylation is 1. The molecule has 0 amide bonds. The second-order valence-corrected chi connectivity index (χ2v) is 6.72. The Labute approximate surface area is 170 Å². The van der Waals surface area contributed by atoms with Crippen LogP contribution in [0.15, 0.2) is 51.9 Å². The molecule has 0 unspecified atom stereocenters. The lowest BCUT2D eigenvalue weighted by Gasteiger charge is -1.98. The largest absolute Gasteiger partial charge is 0.466 e. The fraction of sp³-hybridized carbons (Fsp3) is 0.250. The highest BCUT2D eigenvalue weighted by atomic mass is 79.9. The number of rotatable bonds is 3. The first-order chi connectivity index (χ1) is 12.2. The summed E-state index contributed by atoms with van der Waals surface area (Å²) in [5.41, 5.74) is 1.28. The van der Waals surface area contributed by atoms with Crippen molar-refractivity contribution < 1.29 is 18.3 Å². The molecular weight excluding hydrogens is 470 g/mol. The van der Waals surface area contributed by atoms with Crippen molar-refractivity contribution in [1.82, 2.24) is 0 Å². The molecule has 0 aliphatic rings. The van der Waals surface area contributed by atoms with Gasteiger partial charge in [-0.15, -0.1) is 0 Å². The first kappa shape index (κ1) is 24.5. The van der Waals surface area contributed by atoms with Gasteiger partial charge in [0, 0.05) is 21.4 Å². The Bertz CT molecular complexity index is 719. The Hall–Kier alpha value is -1.53. The third-order valence-electron chi connectivity index (χ3n) is 2.91. The van der Waals surface area contributed by atoms with Gasteiger partial charge in [0.2, 0.25) is 0 Å². The van der Waals surface area contributed by atoms with Crippen LogP contribution in [0.3, 0.4) is 0 Å². The van der Waals surface area contributed by atoms with E-state index in [1.165, 1.54) is 25.1 Å². The van der Waals surface area contributed by atoms with Crippen molar-refractivity contribution in [2.75, 3.05) is 6.61 Å². The highest BCUT2D eigenvalue weighted by Gasteiger charge is 1.98. The Balaban J connectivity index is 0.000000375. The molecule has 0 bridgehead atoms. The average molecular weight is 492 g/mol. The van der Waals surface area contributed by atoms with Crippen LogP contribution in [-0.2, 0) is 16.0 Å². The predicted octanol–water partition coefficient (Wildman–Crippen LogP) is 6.95. The van der Waals surface area contributed by atoms with E-state index in [9.17, 15) is 13.6 Å². The van der Waals surface area contributed by atoms with Crippen LogP contribution in [0.2, 0.25) is 0 Å². The summed E-state index contributed by atoms with van der Waals surface area (Å²) in [4.78, 5) is 9.82. The minimum absolute atomic E-state index is 0.120. The zero-order valence-electron chi connectivity index (χ0n) is 15.0. The van der Waals surface area contributed by atoms with Crippen molar-refractivity contribution in [3.05, 3.63) is 74.7 Å². The van der Waals surface area contributed by atoms with E-state index in [0.29, 0.717) is 12.2 Å². The molecule has 2 aromatic carbocycles. The molecule has 0 heterocycles. The molecule has 0 aliphatic heterocycles. The molecule has 2 nitrogen and oxygen atoms in total. The van der Waals surface area contributed by atoms with E-state index in [0.717, 1.165) is 20.9 Å². The molecule has 0 aliphatic carbocycles. The van der Waals surface area contributed by atoms with Gasteiger partial charge in [0.25, 0.3) is 0 Å². The number of halogens is 4. The Morgan fingerprint density at radius 1 is 1.08 bits per heavy atom. The maximum Gasteiger partial charge on any atom is 0.302 e. The van der Waals surface area contributed by atoms with Crippen molar-refractivity contribution in [2.45, 2.75) is 27.2 Å². The van der Waals surface area contributed by atoms with Gasteiger partial charge in [-0.3, -0.25) is 4.79 Å². The van der Waals surface area contributed by atoms with E-state index in [-0.39, 0.29) is 17.6 Å². The highest BCUT2D eigenvalue weighted by Crippen LogP contribution is 2.16. The average Bonchev–Trinajstić information content (AvgIpc) is 2.60. The number of carbonyl (C=O) groups is 1. The first-order valence-corrected chi connectivity index (χ1v) is 9.48. The maximum atomic E-state index is 12.7. The molecule has 6 heteroatoms. The SMILES string of the molecule is C=Cc1cc(Br)ccc1F.CCOC(C)=O.CCc1cc(Br)ccc1F. The minimum atomic E-state index is -0.238. The van der Waals surface area contributed by atoms with Gasteiger partial charge in [0.05, 0.1) is 6.61 Å². The van der Waals surface area contributed by atoms with E-state index in [2.05, 4.69) is 43.2 Å². The number of benzene rings is 2. The van der Waals surface area contributed by atoms with E-state index in [1.807, 2.05) is 6.92 Å². The van der Waals surface area contributed by atoms with E-state index in [4.69, 9.17) is 0 Å². The summed E-state index contributed by atoms with van der Waals surface area (Å²) >= 11 is 6.49. The minimum Gasteiger partial charge on any atom is -0.466 e. The topological polar surface area (TPSA) is 26.3 Å². The van der Waals surface area contributed by atoms with Crippen molar-refractivity contribution in [2.24, 2.45) is 0 Å². The van der Waals surface area contributed by atoms with Crippen LogP contribution in [0.1, 0.15) is 31.9 Å². The Morgan fingerprint density at radius 2 is 1.62 bits per heavy atom. The van der Waals surface area contributed by atoms with Crippen LogP contribution < -0.4 is 0 Å². The van der Waals surface area contributed by atoms with Crippen LogP contribution in [0, 0.1) is 11.6 Å². The third-order valence-corrected chi connectivity index (χ3v) is 3.90. The number of hydrogen-bond donors (Lipinski definition) is 0. The van der Waals surface area contributed by atoms with Gasteiger partial charge < -0.3 is 4.74 Å². The number of esters is 1. The number of hydrogen-bond acceptors (Lipinski definition) is 2. The molecule has 0 atom stereocenters. The molecule has 142 valence electrons. The van der Waals surface area contributed by atoms with Crippen molar-refractivity contribution in [1.29, 1.82) is 0 Å². The monoisotopic (exact) mass is 490 g/mol. The number of ether oxygens (including phenoxy) is 1. The van der Waals surface area contributed by atoms with Gasteiger partial charge >= 0.3 is 5.97 Å². The molecule has 0 aromatic heterocycles. The molecule has 0 fully saturated rings. The van der Waals surface area contributed by atoms with Gasteiger partial charge in [0.15, 0.2) is 0 Å². The second-order valence-electron chi connectivity index (χ2n) is 4.88. The van der Waals surface area contributed by atoms with Crippen LogP contribution in [0.25, 0.3) is 6.08 Å². The lowest BCUT2D eigenvalue weighted by atomic mass is 10.2. The number of carbonyl (C=O) groups excluding carboxylic acids is 1. The molecular formula is C20H22Br2F2O2. The summed E-state index contributed by atoms with van der Waals surface area (Å²) in [6, 6.07) is 9.72. The summed E-state index contributed by atoms with van der Waals surface area (Å²) in [6.45, 7) is 9.06. The summed E-state index contributed by atoms with van der Waals surface area (Å²) < 4.78 is 31.6. The van der Waals surface area contributed by atoms with Crippen molar-refractivity contribution in [3.8, 4) is 0 Å². The van der Waals surface area contributed by atoms with Gasteiger partial charge in [0.1, 0.15) is 11.6 Å². The molecule has 0 saturated heterocycles.